The minimum atomic E-state index is 0.307. The van der Waals surface area contributed by atoms with Crippen LogP contribution in [0.3, 0.4) is 0 Å². The van der Waals surface area contributed by atoms with Crippen molar-refractivity contribution in [3.63, 3.8) is 0 Å². The number of rotatable bonds is 4. The first-order valence-corrected chi connectivity index (χ1v) is 6.07. The number of hydrogen-bond acceptors (Lipinski definition) is 4. The summed E-state index contributed by atoms with van der Waals surface area (Å²) in [6.45, 7) is 2.12. The van der Waals surface area contributed by atoms with Crippen molar-refractivity contribution in [3.05, 3.63) is 46.5 Å². The van der Waals surface area contributed by atoms with E-state index in [2.05, 4.69) is 46.1 Å². The van der Waals surface area contributed by atoms with Crippen LogP contribution < -0.4 is 5.32 Å². The van der Waals surface area contributed by atoms with Gasteiger partial charge in [-0.25, -0.2) is 0 Å². The van der Waals surface area contributed by atoms with Gasteiger partial charge in [-0.1, -0.05) is 34.3 Å². The summed E-state index contributed by atoms with van der Waals surface area (Å²) < 4.78 is 3.90. The maximum absolute atomic E-state index is 3.90. The first-order valence-electron chi connectivity index (χ1n) is 5.29. The third-order valence-electron chi connectivity index (χ3n) is 2.59. The Balaban J connectivity index is 2.13. The van der Waals surface area contributed by atoms with Gasteiger partial charge in [0, 0.05) is 6.04 Å². The van der Waals surface area contributed by atoms with E-state index >= 15 is 0 Å². The van der Waals surface area contributed by atoms with Gasteiger partial charge in [-0.15, -0.1) is 5.10 Å². The molecule has 4 heteroatoms. The van der Waals surface area contributed by atoms with Gasteiger partial charge in [0.25, 0.3) is 0 Å². The summed E-state index contributed by atoms with van der Waals surface area (Å²) in [7, 11) is 1.97. The molecule has 0 amide bonds. The van der Waals surface area contributed by atoms with Crippen molar-refractivity contribution in [2.75, 3.05) is 7.05 Å². The molecule has 0 radical (unpaired) electrons. The molecule has 1 aromatic heterocycles. The minimum Gasteiger partial charge on any atom is -0.312 e. The molecule has 1 N–H and O–H groups in total. The highest BCUT2D eigenvalue weighted by Gasteiger charge is 2.12. The van der Waals surface area contributed by atoms with Crippen molar-refractivity contribution in [2.24, 2.45) is 0 Å². The van der Waals surface area contributed by atoms with Crippen molar-refractivity contribution < 1.29 is 0 Å². The average molecular weight is 233 g/mol. The summed E-state index contributed by atoms with van der Waals surface area (Å²) in [5.74, 6) is 0. The molecular formula is C12H15N3S. The molecule has 2 aromatic rings. The average Bonchev–Trinajstić information content (AvgIpc) is 2.79. The lowest BCUT2D eigenvalue weighted by Gasteiger charge is -2.13. The zero-order chi connectivity index (χ0) is 11.4. The van der Waals surface area contributed by atoms with Crippen LogP contribution in [0.2, 0.25) is 0 Å². The molecule has 0 saturated heterocycles. The molecule has 1 unspecified atom stereocenters. The molecule has 16 heavy (non-hydrogen) atoms. The van der Waals surface area contributed by atoms with E-state index in [1.165, 1.54) is 27.5 Å². The standard InChI is InChI=1S/C12H15N3S/c1-9-4-3-5-10(6-9)7-11(13-2)12-8-14-15-16-12/h3-6,8,11,13H,7H2,1-2H3. The van der Waals surface area contributed by atoms with Crippen LogP contribution in [0, 0.1) is 6.92 Å². The van der Waals surface area contributed by atoms with Crippen molar-refractivity contribution in [2.45, 2.75) is 19.4 Å². The van der Waals surface area contributed by atoms with Gasteiger partial charge in [-0.2, -0.15) is 0 Å². The van der Waals surface area contributed by atoms with Crippen molar-refractivity contribution in [3.8, 4) is 0 Å². The molecule has 0 aliphatic rings. The Hall–Kier alpha value is -1.26. The number of benzene rings is 1. The second kappa shape index (κ2) is 5.18. The van der Waals surface area contributed by atoms with Gasteiger partial charge in [0.05, 0.1) is 11.1 Å². The van der Waals surface area contributed by atoms with Crippen molar-refractivity contribution in [1.29, 1.82) is 0 Å². The molecule has 0 fully saturated rings. The van der Waals surface area contributed by atoms with Crippen LogP contribution in [0.1, 0.15) is 22.0 Å². The number of nitrogens with zero attached hydrogens (tertiary/aromatic N) is 2. The molecular weight excluding hydrogens is 218 g/mol. The lowest BCUT2D eigenvalue weighted by Crippen LogP contribution is -2.17. The quantitative estimate of drug-likeness (QED) is 0.881. The summed E-state index contributed by atoms with van der Waals surface area (Å²) in [5.41, 5.74) is 2.64. The number of nitrogens with one attached hydrogen (secondary N) is 1. The fraction of sp³-hybridized carbons (Fsp3) is 0.333. The van der Waals surface area contributed by atoms with Crippen molar-refractivity contribution >= 4 is 11.5 Å². The van der Waals surface area contributed by atoms with E-state index in [1.807, 2.05) is 13.2 Å². The highest BCUT2D eigenvalue weighted by Crippen LogP contribution is 2.20. The molecule has 1 atom stereocenters. The molecule has 1 heterocycles. The lowest BCUT2D eigenvalue weighted by atomic mass is 10.0. The van der Waals surface area contributed by atoms with E-state index in [0.29, 0.717) is 6.04 Å². The molecule has 0 saturated carbocycles. The third-order valence-corrected chi connectivity index (χ3v) is 3.37. The second-order valence-electron chi connectivity index (χ2n) is 3.85. The van der Waals surface area contributed by atoms with Crippen LogP contribution in [0.25, 0.3) is 0 Å². The number of likely N-dealkylation sites (N-methyl/N-ethyl adjacent to an activating group) is 1. The SMILES string of the molecule is CNC(Cc1cccc(C)c1)c1cnns1. The summed E-state index contributed by atoms with van der Waals surface area (Å²) in [4.78, 5) is 1.18. The summed E-state index contributed by atoms with van der Waals surface area (Å²) in [6, 6.07) is 8.90. The summed E-state index contributed by atoms with van der Waals surface area (Å²) >= 11 is 1.46. The Bertz CT molecular complexity index is 439. The highest BCUT2D eigenvalue weighted by atomic mass is 32.1. The molecule has 1 aromatic carbocycles. The largest absolute Gasteiger partial charge is 0.312 e. The topological polar surface area (TPSA) is 37.8 Å². The van der Waals surface area contributed by atoms with Crippen LogP contribution in [0.5, 0.6) is 0 Å². The molecule has 0 aliphatic carbocycles. The Morgan fingerprint density at radius 2 is 2.31 bits per heavy atom. The molecule has 0 bridgehead atoms. The Morgan fingerprint density at radius 3 is 2.94 bits per heavy atom. The van der Waals surface area contributed by atoms with Gasteiger partial charge < -0.3 is 5.32 Å². The maximum Gasteiger partial charge on any atom is 0.0669 e. The van der Waals surface area contributed by atoms with E-state index in [1.54, 1.807) is 0 Å². The van der Waals surface area contributed by atoms with Gasteiger partial charge in [0.1, 0.15) is 0 Å². The van der Waals surface area contributed by atoms with Gasteiger partial charge in [0.15, 0.2) is 0 Å². The van der Waals surface area contributed by atoms with Crippen LogP contribution in [0.15, 0.2) is 30.5 Å². The van der Waals surface area contributed by atoms with Gasteiger partial charge in [0.2, 0.25) is 0 Å². The van der Waals surface area contributed by atoms with Crippen LogP contribution in [0.4, 0.5) is 0 Å². The van der Waals surface area contributed by atoms with Gasteiger partial charge in [-0.05, 0) is 37.5 Å². The van der Waals surface area contributed by atoms with Crippen molar-refractivity contribution in [1.82, 2.24) is 14.9 Å². The van der Waals surface area contributed by atoms with E-state index < -0.39 is 0 Å². The highest BCUT2D eigenvalue weighted by molar-refractivity contribution is 7.05. The van der Waals surface area contributed by atoms with E-state index in [9.17, 15) is 0 Å². The molecule has 0 aliphatic heterocycles. The Morgan fingerprint density at radius 1 is 1.44 bits per heavy atom. The summed E-state index contributed by atoms with van der Waals surface area (Å²) in [6.07, 6.45) is 2.81. The van der Waals surface area contributed by atoms with E-state index in [4.69, 9.17) is 0 Å². The molecule has 2 rings (SSSR count). The van der Waals surface area contributed by atoms with Crippen LogP contribution in [-0.4, -0.2) is 16.6 Å². The second-order valence-corrected chi connectivity index (χ2v) is 4.67. The minimum absolute atomic E-state index is 0.307. The van der Waals surface area contributed by atoms with E-state index in [0.717, 1.165) is 6.42 Å². The lowest BCUT2D eigenvalue weighted by molar-refractivity contribution is 0.601. The smallest absolute Gasteiger partial charge is 0.0669 e. The fourth-order valence-electron chi connectivity index (χ4n) is 1.75. The predicted octanol–water partition coefficient (Wildman–Crippen LogP) is 2.35. The van der Waals surface area contributed by atoms with Crippen LogP contribution in [-0.2, 0) is 6.42 Å². The predicted molar refractivity (Wildman–Crippen MR) is 66.6 cm³/mol. The summed E-state index contributed by atoms with van der Waals surface area (Å²) in [5, 5.41) is 7.18. The Labute approximate surface area is 99.7 Å². The normalized spacial score (nSPS) is 12.6. The zero-order valence-corrected chi connectivity index (χ0v) is 10.3. The number of aryl methyl sites for hydroxylation is 1. The Kier molecular flexibility index (Phi) is 3.64. The zero-order valence-electron chi connectivity index (χ0n) is 9.47. The first kappa shape index (κ1) is 11.2. The monoisotopic (exact) mass is 233 g/mol. The molecule has 84 valence electrons. The van der Waals surface area contributed by atoms with Crippen LogP contribution >= 0.6 is 11.5 Å². The van der Waals surface area contributed by atoms with E-state index in [-0.39, 0.29) is 0 Å². The first-order chi connectivity index (χ1) is 7.79. The third kappa shape index (κ3) is 2.65. The number of aromatic nitrogens is 2. The molecule has 0 spiro atoms. The maximum atomic E-state index is 3.90. The number of hydrogen-bond donors (Lipinski definition) is 1. The van der Waals surface area contributed by atoms with Gasteiger partial charge >= 0.3 is 0 Å². The van der Waals surface area contributed by atoms with Gasteiger partial charge in [-0.3, -0.25) is 0 Å². The fourth-order valence-corrected chi connectivity index (χ4v) is 2.36. The molecule has 3 nitrogen and oxygen atoms in total.